The standard InChI is InChI=1S/C7H16.C4H10.C3H8.3C2H6/c1-4-6-7(3)5-2;1-3-4-2;1-3-2;3*1-2/h7H,4-6H2,1-3H3;3-4H2,1-2H3;3H2,1-2H3;3*1-2H3. The van der Waals surface area contributed by atoms with Crippen LogP contribution in [0.15, 0.2) is 0 Å². The molecule has 0 heteroatoms. The summed E-state index contributed by atoms with van der Waals surface area (Å²) in [6.45, 7) is 27.4. The summed E-state index contributed by atoms with van der Waals surface area (Å²) in [7, 11) is 0. The molecule has 0 aliphatic carbocycles. The molecule has 1 atom stereocenters. The van der Waals surface area contributed by atoms with Crippen LogP contribution in [0, 0.1) is 5.92 Å². The van der Waals surface area contributed by atoms with Crippen LogP contribution in [0.2, 0.25) is 0 Å². The first-order valence-electron chi connectivity index (χ1n) is 9.64. The molecule has 20 heavy (non-hydrogen) atoms. The predicted octanol–water partition coefficient (Wildman–Crippen LogP) is 9.13. The van der Waals surface area contributed by atoms with Crippen LogP contribution in [-0.2, 0) is 0 Å². The first kappa shape index (κ1) is 36.8. The third-order valence-electron chi connectivity index (χ3n) is 1.98. The normalized spacial score (nSPS) is 8.25. The molecule has 0 aromatic carbocycles. The summed E-state index contributed by atoms with van der Waals surface area (Å²) in [6.07, 6.45) is 7.97. The Labute approximate surface area is 135 Å². The highest BCUT2D eigenvalue weighted by Crippen LogP contribution is 2.07. The van der Waals surface area contributed by atoms with Gasteiger partial charge in [-0.05, 0) is 5.92 Å². The molecule has 0 fully saturated rings. The summed E-state index contributed by atoms with van der Waals surface area (Å²) in [5.74, 6) is 0.949. The van der Waals surface area contributed by atoms with E-state index in [1.165, 1.54) is 38.5 Å². The molecule has 1 unspecified atom stereocenters. The van der Waals surface area contributed by atoms with E-state index in [9.17, 15) is 0 Å². The molecule has 0 aliphatic rings. The van der Waals surface area contributed by atoms with Gasteiger partial charge >= 0.3 is 0 Å². The minimum absolute atomic E-state index is 0.949. The van der Waals surface area contributed by atoms with Crippen molar-refractivity contribution in [2.45, 2.75) is 129 Å². The van der Waals surface area contributed by atoms with E-state index in [4.69, 9.17) is 0 Å². The highest BCUT2D eigenvalue weighted by Gasteiger charge is 1.92. The Bertz CT molecular complexity index is 55.1. The molecule has 0 radical (unpaired) electrons. The van der Waals surface area contributed by atoms with Crippen LogP contribution in [0.4, 0.5) is 0 Å². The van der Waals surface area contributed by atoms with E-state index in [-0.39, 0.29) is 0 Å². The van der Waals surface area contributed by atoms with E-state index in [0.717, 1.165) is 5.92 Å². The van der Waals surface area contributed by atoms with Crippen LogP contribution >= 0.6 is 0 Å². The summed E-state index contributed by atoms with van der Waals surface area (Å²) >= 11 is 0. The molecule has 0 rings (SSSR count). The van der Waals surface area contributed by atoms with Crippen LogP contribution in [0.5, 0.6) is 0 Å². The zero-order valence-electron chi connectivity index (χ0n) is 17.8. The van der Waals surface area contributed by atoms with Gasteiger partial charge in [0, 0.05) is 0 Å². The van der Waals surface area contributed by atoms with Crippen LogP contribution in [-0.4, -0.2) is 0 Å². The second-order valence-electron chi connectivity index (χ2n) is 4.01. The molecule has 0 aromatic heterocycles. The number of rotatable bonds is 4. The van der Waals surface area contributed by atoms with E-state index in [1.54, 1.807) is 0 Å². The number of hydrogen-bond donors (Lipinski definition) is 0. The maximum atomic E-state index is 2.31. The van der Waals surface area contributed by atoms with Crippen molar-refractivity contribution in [1.82, 2.24) is 0 Å². The van der Waals surface area contributed by atoms with Gasteiger partial charge in [-0.1, -0.05) is 129 Å². The zero-order chi connectivity index (χ0) is 17.8. The summed E-state index contributed by atoms with van der Waals surface area (Å²) in [5, 5.41) is 0. The Morgan fingerprint density at radius 3 is 0.850 bits per heavy atom. The average Bonchev–Trinajstić information content (AvgIpc) is 2.54. The molecule has 0 saturated carbocycles. The largest absolute Gasteiger partial charge is 0.0683 e. The van der Waals surface area contributed by atoms with Crippen molar-refractivity contribution < 1.29 is 0 Å². The third-order valence-corrected chi connectivity index (χ3v) is 1.98. The highest BCUT2D eigenvalue weighted by atomic mass is 14.0. The van der Waals surface area contributed by atoms with Crippen molar-refractivity contribution in [3.05, 3.63) is 0 Å². The predicted molar refractivity (Wildman–Crippen MR) is 105 cm³/mol. The first-order valence-corrected chi connectivity index (χ1v) is 9.64. The van der Waals surface area contributed by atoms with Gasteiger partial charge in [0.1, 0.15) is 0 Å². The molecule has 0 saturated heterocycles. The maximum absolute atomic E-state index is 2.31. The lowest BCUT2D eigenvalue weighted by Crippen LogP contribution is -1.88. The van der Waals surface area contributed by atoms with Crippen molar-refractivity contribution in [2.75, 3.05) is 0 Å². The maximum Gasteiger partial charge on any atom is -0.0446 e. The van der Waals surface area contributed by atoms with Crippen LogP contribution in [0.1, 0.15) is 129 Å². The van der Waals surface area contributed by atoms with E-state index in [2.05, 4.69) is 48.5 Å². The third kappa shape index (κ3) is 144. The molecule has 0 nitrogen and oxygen atoms in total. The van der Waals surface area contributed by atoms with Gasteiger partial charge in [0.05, 0.1) is 0 Å². The van der Waals surface area contributed by atoms with Gasteiger partial charge in [0.15, 0.2) is 0 Å². The second kappa shape index (κ2) is 76.0. The molecule has 0 spiro atoms. The molecular formula is C20H52. The van der Waals surface area contributed by atoms with Crippen molar-refractivity contribution >= 4 is 0 Å². The van der Waals surface area contributed by atoms with E-state index in [1.807, 2.05) is 41.5 Å². The Morgan fingerprint density at radius 1 is 0.550 bits per heavy atom. The average molecular weight is 293 g/mol. The number of unbranched alkanes of at least 4 members (excludes halogenated alkanes) is 1. The quantitative estimate of drug-likeness (QED) is 0.484. The van der Waals surface area contributed by atoms with Gasteiger partial charge in [-0.2, -0.15) is 0 Å². The van der Waals surface area contributed by atoms with Gasteiger partial charge in [-0.15, -0.1) is 0 Å². The van der Waals surface area contributed by atoms with E-state index >= 15 is 0 Å². The van der Waals surface area contributed by atoms with Gasteiger partial charge in [0.2, 0.25) is 0 Å². The van der Waals surface area contributed by atoms with Gasteiger partial charge in [-0.25, -0.2) is 0 Å². The van der Waals surface area contributed by atoms with Crippen LogP contribution in [0.3, 0.4) is 0 Å². The van der Waals surface area contributed by atoms with Crippen LogP contribution in [0.25, 0.3) is 0 Å². The van der Waals surface area contributed by atoms with Crippen molar-refractivity contribution in [2.24, 2.45) is 5.92 Å². The zero-order valence-corrected chi connectivity index (χ0v) is 17.8. The summed E-state index contributed by atoms with van der Waals surface area (Å²) in [5.41, 5.74) is 0. The van der Waals surface area contributed by atoms with Crippen molar-refractivity contribution in [1.29, 1.82) is 0 Å². The SMILES string of the molecule is CC.CC.CC.CCC.CCCC.CCCC(C)CC. The molecule has 0 heterocycles. The minimum Gasteiger partial charge on any atom is -0.0683 e. The molecule has 0 aromatic rings. The topological polar surface area (TPSA) is 0 Å². The molecule has 0 bridgehead atoms. The van der Waals surface area contributed by atoms with Gasteiger partial charge in [-0.3, -0.25) is 0 Å². The summed E-state index contributed by atoms with van der Waals surface area (Å²) < 4.78 is 0. The Morgan fingerprint density at radius 2 is 0.800 bits per heavy atom. The minimum atomic E-state index is 0.949. The molecule has 132 valence electrons. The fourth-order valence-electron chi connectivity index (χ4n) is 0.697. The molecule has 0 N–H and O–H groups in total. The fraction of sp³-hybridized carbons (Fsp3) is 1.00. The lowest BCUT2D eigenvalue weighted by atomic mass is 10.0. The number of hydrogen-bond acceptors (Lipinski definition) is 0. The highest BCUT2D eigenvalue weighted by molar-refractivity contribution is 4.45. The summed E-state index contributed by atoms with van der Waals surface area (Å²) in [4.78, 5) is 0. The van der Waals surface area contributed by atoms with Crippen molar-refractivity contribution in [3.8, 4) is 0 Å². The second-order valence-corrected chi connectivity index (χ2v) is 4.01. The Hall–Kier alpha value is 0. The van der Waals surface area contributed by atoms with E-state index < -0.39 is 0 Å². The van der Waals surface area contributed by atoms with Gasteiger partial charge < -0.3 is 0 Å². The van der Waals surface area contributed by atoms with Crippen molar-refractivity contribution in [3.63, 3.8) is 0 Å². The first-order chi connectivity index (χ1) is 9.64. The van der Waals surface area contributed by atoms with Crippen LogP contribution < -0.4 is 0 Å². The molecule has 0 amide bonds. The monoisotopic (exact) mass is 292 g/mol. The Kier molecular flexibility index (Phi) is 140. The smallest absolute Gasteiger partial charge is 0.0446 e. The lowest BCUT2D eigenvalue weighted by molar-refractivity contribution is 0.509. The van der Waals surface area contributed by atoms with Gasteiger partial charge in [0.25, 0.3) is 0 Å². The fourth-order valence-corrected chi connectivity index (χ4v) is 0.697. The molecular weight excluding hydrogens is 240 g/mol. The van der Waals surface area contributed by atoms with E-state index in [0.29, 0.717) is 0 Å². The molecule has 0 aliphatic heterocycles. The Balaban J connectivity index is -0.0000000327. The summed E-state index contributed by atoms with van der Waals surface area (Å²) in [6, 6.07) is 0. The lowest BCUT2D eigenvalue weighted by Gasteiger charge is -2.02.